The Balaban J connectivity index is 1.58. The van der Waals surface area contributed by atoms with Crippen molar-refractivity contribution in [2.75, 3.05) is 11.9 Å². The van der Waals surface area contributed by atoms with Crippen LogP contribution in [0.3, 0.4) is 0 Å². The summed E-state index contributed by atoms with van der Waals surface area (Å²) < 4.78 is 0. The second-order valence-corrected chi connectivity index (χ2v) is 8.31. The molecule has 28 heavy (non-hydrogen) atoms. The summed E-state index contributed by atoms with van der Waals surface area (Å²) in [5, 5.41) is 5.13. The van der Waals surface area contributed by atoms with E-state index in [-0.39, 0.29) is 18.4 Å². The van der Waals surface area contributed by atoms with Crippen LogP contribution in [0.2, 0.25) is 10.0 Å². The Morgan fingerprint density at radius 1 is 1.14 bits per heavy atom. The Bertz CT molecular complexity index is 976. The van der Waals surface area contributed by atoms with Gasteiger partial charge < -0.3 is 16.8 Å². The molecular formula is C20H20Cl2N4OS. The fourth-order valence-corrected chi connectivity index (χ4v) is 3.93. The molecule has 5 nitrogen and oxygen atoms in total. The zero-order chi connectivity index (χ0) is 20.1. The number of carbonyl (C=O) groups excluding carboxylic acids is 1. The molecule has 0 spiro atoms. The summed E-state index contributed by atoms with van der Waals surface area (Å²) in [7, 11) is 0. The Labute approximate surface area is 177 Å². The van der Waals surface area contributed by atoms with Gasteiger partial charge in [-0.05, 0) is 41.3 Å². The van der Waals surface area contributed by atoms with Crippen molar-refractivity contribution in [1.82, 2.24) is 4.98 Å². The van der Waals surface area contributed by atoms with Crippen molar-refractivity contribution in [3.05, 3.63) is 69.8 Å². The fourth-order valence-electron chi connectivity index (χ4n) is 2.78. The number of thiazole rings is 1. The average Bonchev–Trinajstić information content (AvgIpc) is 3.12. The molecule has 3 rings (SSSR count). The molecular weight excluding hydrogens is 415 g/mol. The number of hydrogen-bond donors (Lipinski definition) is 3. The topological polar surface area (TPSA) is 94.0 Å². The summed E-state index contributed by atoms with van der Waals surface area (Å²) in [4.78, 5) is 16.5. The van der Waals surface area contributed by atoms with Crippen LogP contribution in [-0.2, 0) is 17.6 Å². The Morgan fingerprint density at radius 2 is 1.96 bits per heavy atom. The number of rotatable bonds is 8. The van der Waals surface area contributed by atoms with Crippen molar-refractivity contribution < 1.29 is 4.79 Å². The van der Waals surface area contributed by atoms with Crippen LogP contribution in [0.1, 0.15) is 11.1 Å². The molecule has 5 N–H and O–H groups in total. The molecule has 0 fully saturated rings. The summed E-state index contributed by atoms with van der Waals surface area (Å²) in [6.45, 7) is 0.578. The molecule has 0 radical (unpaired) electrons. The van der Waals surface area contributed by atoms with Crippen molar-refractivity contribution in [3.63, 3.8) is 0 Å². The van der Waals surface area contributed by atoms with Gasteiger partial charge in [0.25, 0.3) is 0 Å². The first kappa shape index (κ1) is 20.6. The van der Waals surface area contributed by atoms with Crippen LogP contribution in [0.15, 0.2) is 48.7 Å². The van der Waals surface area contributed by atoms with E-state index in [4.69, 9.17) is 34.7 Å². The molecule has 0 bridgehead atoms. The van der Waals surface area contributed by atoms with Crippen LogP contribution in [0.4, 0.5) is 5.13 Å². The largest absolute Gasteiger partial charge is 0.369 e. The van der Waals surface area contributed by atoms with Gasteiger partial charge in [0.2, 0.25) is 5.91 Å². The summed E-state index contributed by atoms with van der Waals surface area (Å²) in [5.74, 6) is -0.347. The number of nitrogens with two attached hydrogens (primary N) is 2. The van der Waals surface area contributed by atoms with E-state index >= 15 is 0 Å². The van der Waals surface area contributed by atoms with Crippen LogP contribution in [-0.4, -0.2) is 23.5 Å². The lowest BCUT2D eigenvalue weighted by atomic mass is 10.1. The van der Waals surface area contributed by atoms with E-state index in [0.29, 0.717) is 23.0 Å². The lowest BCUT2D eigenvalue weighted by Crippen LogP contribution is -2.31. The Hall–Kier alpha value is -2.12. The zero-order valence-corrected chi connectivity index (χ0v) is 17.3. The van der Waals surface area contributed by atoms with Crippen LogP contribution in [0.25, 0.3) is 10.4 Å². The van der Waals surface area contributed by atoms with Crippen LogP contribution >= 0.6 is 34.5 Å². The molecule has 0 saturated carbocycles. The third-order valence-corrected chi connectivity index (χ3v) is 5.84. The van der Waals surface area contributed by atoms with Crippen LogP contribution in [0.5, 0.6) is 0 Å². The van der Waals surface area contributed by atoms with E-state index in [1.807, 2.05) is 36.4 Å². The van der Waals surface area contributed by atoms with E-state index in [1.165, 1.54) is 11.3 Å². The molecule has 0 unspecified atom stereocenters. The van der Waals surface area contributed by atoms with Crippen LogP contribution in [0, 0.1) is 0 Å². The first-order valence-electron chi connectivity index (χ1n) is 8.67. The number of nitrogens with zero attached hydrogens (tertiary/aromatic N) is 1. The molecule has 146 valence electrons. The fraction of sp³-hybridized carbons (Fsp3) is 0.200. The van der Waals surface area contributed by atoms with Crippen molar-refractivity contribution in [2.45, 2.75) is 18.9 Å². The highest BCUT2D eigenvalue weighted by Crippen LogP contribution is 2.29. The molecule has 1 heterocycles. The van der Waals surface area contributed by atoms with E-state index < -0.39 is 0 Å². The lowest BCUT2D eigenvalue weighted by molar-refractivity contribution is -0.117. The van der Waals surface area contributed by atoms with Gasteiger partial charge >= 0.3 is 0 Å². The number of anilines is 1. The van der Waals surface area contributed by atoms with Gasteiger partial charge in [0.1, 0.15) is 0 Å². The van der Waals surface area contributed by atoms with Gasteiger partial charge in [0.15, 0.2) is 5.13 Å². The van der Waals surface area contributed by atoms with Crippen molar-refractivity contribution in [3.8, 4) is 10.4 Å². The molecule has 8 heteroatoms. The maximum atomic E-state index is 11.1. The number of benzene rings is 2. The lowest BCUT2D eigenvalue weighted by Gasteiger charge is -2.12. The highest BCUT2D eigenvalue weighted by atomic mass is 35.5. The molecule has 0 aliphatic rings. The molecule has 0 saturated heterocycles. The van der Waals surface area contributed by atoms with Crippen LogP contribution < -0.4 is 16.8 Å². The van der Waals surface area contributed by atoms with Gasteiger partial charge in [-0.1, -0.05) is 58.8 Å². The summed E-state index contributed by atoms with van der Waals surface area (Å²) >= 11 is 13.5. The van der Waals surface area contributed by atoms with Crippen molar-refractivity contribution in [2.24, 2.45) is 11.5 Å². The average molecular weight is 435 g/mol. The molecule has 1 atom stereocenters. The monoisotopic (exact) mass is 434 g/mol. The number of hydrogen-bond acceptors (Lipinski definition) is 5. The van der Waals surface area contributed by atoms with E-state index in [2.05, 4.69) is 10.3 Å². The third-order valence-electron chi connectivity index (χ3n) is 4.09. The molecule has 0 aliphatic carbocycles. The van der Waals surface area contributed by atoms with Gasteiger partial charge in [0.05, 0.1) is 21.3 Å². The maximum Gasteiger partial charge on any atom is 0.221 e. The van der Waals surface area contributed by atoms with Crippen molar-refractivity contribution in [1.29, 1.82) is 0 Å². The Kier molecular flexibility index (Phi) is 6.91. The number of amides is 1. The third kappa shape index (κ3) is 5.69. The maximum absolute atomic E-state index is 11.1. The van der Waals surface area contributed by atoms with E-state index in [0.717, 1.165) is 26.7 Å². The second kappa shape index (κ2) is 9.39. The van der Waals surface area contributed by atoms with Gasteiger partial charge in [0, 0.05) is 18.8 Å². The first-order chi connectivity index (χ1) is 13.4. The predicted molar refractivity (Wildman–Crippen MR) is 117 cm³/mol. The van der Waals surface area contributed by atoms with E-state index in [1.54, 1.807) is 12.3 Å². The Morgan fingerprint density at radius 3 is 2.71 bits per heavy atom. The minimum absolute atomic E-state index is 0.0940. The minimum atomic E-state index is -0.347. The second-order valence-electron chi connectivity index (χ2n) is 6.47. The summed E-state index contributed by atoms with van der Waals surface area (Å²) in [5.41, 5.74) is 14.4. The van der Waals surface area contributed by atoms with E-state index in [9.17, 15) is 4.79 Å². The first-order valence-corrected chi connectivity index (χ1v) is 10.2. The smallest absolute Gasteiger partial charge is 0.221 e. The molecule has 2 aromatic carbocycles. The molecule has 0 aliphatic heterocycles. The standard InChI is InChI=1S/C20H20Cl2N4OS/c21-16-5-4-13(8-17(16)22)7-15(23)10-25-20-26-11-18(28-20)14-3-1-2-12(6-14)9-19(24)27/h1-6,8,11,15H,7,9-10,23H2,(H2,24,27)(H,25,26)/t15-/m0/s1. The zero-order valence-electron chi connectivity index (χ0n) is 15.0. The number of primary amides is 1. The number of halogens is 2. The summed E-state index contributed by atoms with van der Waals surface area (Å²) in [6.07, 6.45) is 2.71. The van der Waals surface area contributed by atoms with Gasteiger partial charge in [-0.3, -0.25) is 4.79 Å². The number of aromatic nitrogens is 1. The van der Waals surface area contributed by atoms with Gasteiger partial charge in [-0.15, -0.1) is 0 Å². The predicted octanol–water partition coefficient (Wildman–Crippen LogP) is 4.13. The number of nitrogens with one attached hydrogen (secondary N) is 1. The summed E-state index contributed by atoms with van der Waals surface area (Å²) in [6, 6.07) is 13.2. The number of carbonyl (C=O) groups is 1. The SMILES string of the molecule is NC(=O)Cc1cccc(-c2cnc(NC[C@@H](N)Cc3ccc(Cl)c(Cl)c3)s2)c1. The highest BCUT2D eigenvalue weighted by molar-refractivity contribution is 7.18. The molecule has 3 aromatic rings. The van der Waals surface area contributed by atoms with Gasteiger partial charge in [-0.2, -0.15) is 0 Å². The molecule has 1 aromatic heterocycles. The quantitative estimate of drug-likeness (QED) is 0.496. The normalized spacial score (nSPS) is 12.0. The minimum Gasteiger partial charge on any atom is -0.369 e. The molecule has 1 amide bonds. The highest BCUT2D eigenvalue weighted by Gasteiger charge is 2.09. The van der Waals surface area contributed by atoms with Crippen molar-refractivity contribution >= 4 is 45.6 Å². The van der Waals surface area contributed by atoms with Gasteiger partial charge in [-0.25, -0.2) is 4.98 Å².